The first kappa shape index (κ1) is 16.9. The Labute approximate surface area is 145 Å². The van der Waals surface area contributed by atoms with Crippen LogP contribution in [-0.4, -0.2) is 55.4 Å². The molecule has 7 heteroatoms. The molecule has 2 aliphatic heterocycles. The molecular weight excluding hydrogens is 328 g/mol. The van der Waals surface area contributed by atoms with Crippen LogP contribution < -0.4 is 5.32 Å². The minimum Gasteiger partial charge on any atom is -0.487 e. The van der Waals surface area contributed by atoms with E-state index in [1.54, 1.807) is 34.2 Å². The van der Waals surface area contributed by atoms with Crippen molar-refractivity contribution in [1.82, 2.24) is 4.90 Å². The van der Waals surface area contributed by atoms with E-state index < -0.39 is 0 Å². The largest absolute Gasteiger partial charge is 0.487 e. The van der Waals surface area contributed by atoms with Crippen molar-refractivity contribution in [2.75, 3.05) is 44.0 Å². The van der Waals surface area contributed by atoms with Gasteiger partial charge in [-0.05, 0) is 24.6 Å². The maximum atomic E-state index is 12.6. The third-order valence-electron chi connectivity index (χ3n) is 3.90. The number of aryl methyl sites for hydroxylation is 1. The van der Waals surface area contributed by atoms with Gasteiger partial charge in [0.1, 0.15) is 0 Å². The fourth-order valence-electron chi connectivity index (χ4n) is 2.51. The van der Waals surface area contributed by atoms with Gasteiger partial charge in [-0.3, -0.25) is 9.59 Å². The fraction of sp³-hybridized carbons (Fsp3) is 0.412. The molecule has 0 aliphatic carbocycles. The third-order valence-corrected chi connectivity index (χ3v) is 4.69. The molecule has 0 atom stereocenters. The number of nitrogens with one attached hydrogen (secondary N) is 1. The van der Waals surface area contributed by atoms with Gasteiger partial charge < -0.3 is 19.7 Å². The third kappa shape index (κ3) is 3.91. The van der Waals surface area contributed by atoms with Gasteiger partial charge >= 0.3 is 0 Å². The number of carbonyl (C=O) groups is 2. The van der Waals surface area contributed by atoms with Crippen LogP contribution in [0.4, 0.5) is 5.69 Å². The molecular formula is C17H20N2O4S. The lowest BCUT2D eigenvalue weighted by atomic mass is 10.1. The van der Waals surface area contributed by atoms with Crippen molar-refractivity contribution in [2.24, 2.45) is 0 Å². The highest BCUT2D eigenvalue weighted by Crippen LogP contribution is 2.21. The van der Waals surface area contributed by atoms with Crippen LogP contribution in [0.3, 0.4) is 0 Å². The lowest BCUT2D eigenvalue weighted by Crippen LogP contribution is -2.40. The molecule has 0 bridgehead atoms. The maximum Gasteiger partial charge on any atom is 0.291 e. The van der Waals surface area contributed by atoms with E-state index in [0.717, 1.165) is 11.3 Å². The van der Waals surface area contributed by atoms with Crippen LogP contribution in [0.25, 0.3) is 0 Å². The van der Waals surface area contributed by atoms with Crippen molar-refractivity contribution < 1.29 is 19.1 Å². The Balaban J connectivity index is 1.74. The Bertz CT molecular complexity index is 669. The predicted molar refractivity (Wildman–Crippen MR) is 93.0 cm³/mol. The standard InChI is InChI=1S/C17H20N2O4S/c1-12-2-3-13(17(21)19-4-6-22-7-5-19)10-14(12)18-16(20)15-11-24-9-8-23-15/h2-3,10-11H,4-9H2,1H3,(H,18,20). The monoisotopic (exact) mass is 348 g/mol. The Morgan fingerprint density at radius 3 is 2.71 bits per heavy atom. The number of thioether (sulfide) groups is 1. The van der Waals surface area contributed by atoms with Gasteiger partial charge in [-0.1, -0.05) is 6.07 Å². The molecule has 1 saturated heterocycles. The van der Waals surface area contributed by atoms with Crippen molar-refractivity contribution in [3.63, 3.8) is 0 Å². The van der Waals surface area contributed by atoms with Gasteiger partial charge in [0, 0.05) is 35.5 Å². The number of rotatable bonds is 3. The first-order valence-electron chi connectivity index (χ1n) is 7.89. The Kier molecular flexibility index (Phi) is 5.42. The molecule has 3 rings (SSSR count). The van der Waals surface area contributed by atoms with Crippen molar-refractivity contribution in [1.29, 1.82) is 0 Å². The van der Waals surface area contributed by atoms with Gasteiger partial charge in [0.15, 0.2) is 5.76 Å². The average Bonchev–Trinajstić information content (AvgIpc) is 2.64. The molecule has 1 aromatic rings. The summed E-state index contributed by atoms with van der Waals surface area (Å²) >= 11 is 1.55. The van der Waals surface area contributed by atoms with Crippen LogP contribution >= 0.6 is 11.8 Å². The molecule has 0 spiro atoms. The molecule has 0 radical (unpaired) electrons. The van der Waals surface area contributed by atoms with E-state index in [0.29, 0.717) is 49.9 Å². The quantitative estimate of drug-likeness (QED) is 0.905. The second kappa shape index (κ2) is 7.72. The Morgan fingerprint density at radius 2 is 2.00 bits per heavy atom. The van der Waals surface area contributed by atoms with E-state index in [1.807, 2.05) is 13.0 Å². The number of amides is 2. The van der Waals surface area contributed by atoms with Gasteiger partial charge in [-0.2, -0.15) is 0 Å². The molecule has 6 nitrogen and oxygen atoms in total. The second-order valence-corrected chi connectivity index (χ2v) is 6.57. The normalized spacial score (nSPS) is 17.7. The summed E-state index contributed by atoms with van der Waals surface area (Å²) in [5, 5.41) is 4.56. The lowest BCUT2D eigenvalue weighted by Gasteiger charge is -2.27. The zero-order chi connectivity index (χ0) is 16.9. The zero-order valence-electron chi connectivity index (χ0n) is 13.5. The summed E-state index contributed by atoms with van der Waals surface area (Å²) < 4.78 is 10.6. The minimum atomic E-state index is -0.290. The molecule has 0 saturated carbocycles. The molecule has 0 unspecified atom stereocenters. The number of morpholine rings is 1. The number of ether oxygens (including phenoxy) is 2. The Hall–Kier alpha value is -1.99. The first-order valence-corrected chi connectivity index (χ1v) is 8.93. The van der Waals surface area contributed by atoms with Gasteiger partial charge in [-0.25, -0.2) is 0 Å². The zero-order valence-corrected chi connectivity index (χ0v) is 14.4. The summed E-state index contributed by atoms with van der Waals surface area (Å²) in [6, 6.07) is 5.35. The van der Waals surface area contributed by atoms with E-state index in [4.69, 9.17) is 9.47 Å². The summed E-state index contributed by atoms with van der Waals surface area (Å²) in [6.07, 6.45) is 0. The van der Waals surface area contributed by atoms with Gasteiger partial charge in [0.05, 0.1) is 19.8 Å². The molecule has 0 aromatic heterocycles. The fourth-order valence-corrected chi connectivity index (χ4v) is 3.13. The SMILES string of the molecule is Cc1ccc(C(=O)N2CCOCC2)cc1NC(=O)C1=CSCCO1. The summed E-state index contributed by atoms with van der Waals surface area (Å²) in [7, 11) is 0. The lowest BCUT2D eigenvalue weighted by molar-refractivity contribution is -0.116. The van der Waals surface area contributed by atoms with E-state index >= 15 is 0 Å². The molecule has 2 amide bonds. The highest BCUT2D eigenvalue weighted by molar-refractivity contribution is 8.02. The second-order valence-electron chi connectivity index (χ2n) is 5.59. The number of anilines is 1. The van der Waals surface area contributed by atoms with Crippen LogP contribution in [0.2, 0.25) is 0 Å². The molecule has 128 valence electrons. The van der Waals surface area contributed by atoms with Crippen LogP contribution in [-0.2, 0) is 14.3 Å². The molecule has 1 fully saturated rings. The van der Waals surface area contributed by atoms with Gasteiger partial charge in [0.2, 0.25) is 0 Å². The predicted octanol–water partition coefficient (Wildman–Crippen LogP) is 2.01. The van der Waals surface area contributed by atoms with E-state index in [-0.39, 0.29) is 11.8 Å². The topological polar surface area (TPSA) is 67.9 Å². The number of hydrogen-bond acceptors (Lipinski definition) is 5. The summed E-state index contributed by atoms with van der Waals surface area (Å²) in [5.74, 6) is 0.827. The van der Waals surface area contributed by atoms with E-state index in [1.165, 1.54) is 0 Å². The van der Waals surface area contributed by atoms with Crippen molar-refractivity contribution >= 4 is 29.3 Å². The molecule has 24 heavy (non-hydrogen) atoms. The van der Waals surface area contributed by atoms with Crippen LogP contribution in [0.5, 0.6) is 0 Å². The minimum absolute atomic E-state index is 0.0440. The molecule has 2 aliphatic rings. The maximum absolute atomic E-state index is 12.6. The average molecular weight is 348 g/mol. The Morgan fingerprint density at radius 1 is 1.21 bits per heavy atom. The van der Waals surface area contributed by atoms with Gasteiger partial charge in [-0.15, -0.1) is 11.8 Å². The van der Waals surface area contributed by atoms with Crippen LogP contribution in [0.15, 0.2) is 29.4 Å². The number of nitrogens with zero attached hydrogens (tertiary/aromatic N) is 1. The molecule has 2 heterocycles. The summed E-state index contributed by atoms with van der Waals surface area (Å²) in [6.45, 7) is 4.72. The highest BCUT2D eigenvalue weighted by Gasteiger charge is 2.20. The molecule has 1 N–H and O–H groups in total. The number of hydrogen-bond donors (Lipinski definition) is 1. The summed E-state index contributed by atoms with van der Waals surface area (Å²) in [5.41, 5.74) is 2.08. The highest BCUT2D eigenvalue weighted by atomic mass is 32.2. The van der Waals surface area contributed by atoms with Crippen LogP contribution in [0.1, 0.15) is 15.9 Å². The van der Waals surface area contributed by atoms with E-state index in [9.17, 15) is 9.59 Å². The number of carbonyl (C=O) groups excluding carboxylic acids is 2. The van der Waals surface area contributed by atoms with Crippen molar-refractivity contribution in [3.8, 4) is 0 Å². The first-order chi connectivity index (χ1) is 11.6. The van der Waals surface area contributed by atoms with Gasteiger partial charge in [0.25, 0.3) is 11.8 Å². The van der Waals surface area contributed by atoms with Crippen molar-refractivity contribution in [2.45, 2.75) is 6.92 Å². The smallest absolute Gasteiger partial charge is 0.291 e. The number of benzene rings is 1. The van der Waals surface area contributed by atoms with Crippen molar-refractivity contribution in [3.05, 3.63) is 40.5 Å². The molecule has 1 aromatic carbocycles. The van der Waals surface area contributed by atoms with Crippen LogP contribution in [0, 0.1) is 6.92 Å². The summed E-state index contributed by atoms with van der Waals surface area (Å²) in [4.78, 5) is 26.6. The van der Waals surface area contributed by atoms with E-state index in [2.05, 4.69) is 5.32 Å².